The standard InChI is InChI=1S/C18H12F2N2O3S/c19-12-1-3-14(4-2-12)21-18-22-17(23)15(26-18)7-10-5-13(20)6-11-8-24-9-25-16(10)11/h1-7H,8-9H2,(H,21,22,23)/b15-7-. The highest BCUT2D eigenvalue weighted by Gasteiger charge is 2.25. The Balaban J connectivity index is 1.63. The maximum absolute atomic E-state index is 13.8. The van der Waals surface area contributed by atoms with Gasteiger partial charge in [0.05, 0.1) is 17.2 Å². The molecule has 26 heavy (non-hydrogen) atoms. The fourth-order valence-corrected chi connectivity index (χ4v) is 3.40. The summed E-state index contributed by atoms with van der Waals surface area (Å²) in [6, 6.07) is 8.24. The van der Waals surface area contributed by atoms with E-state index in [4.69, 9.17) is 9.47 Å². The van der Waals surface area contributed by atoms with Gasteiger partial charge in [0, 0.05) is 11.1 Å². The van der Waals surface area contributed by atoms with Gasteiger partial charge < -0.3 is 14.8 Å². The maximum atomic E-state index is 13.8. The quantitative estimate of drug-likeness (QED) is 0.814. The van der Waals surface area contributed by atoms with Crippen LogP contribution >= 0.6 is 11.8 Å². The second-order valence-electron chi connectivity index (χ2n) is 5.55. The molecule has 2 aromatic rings. The van der Waals surface area contributed by atoms with Crippen molar-refractivity contribution >= 4 is 34.6 Å². The topological polar surface area (TPSA) is 59.9 Å². The summed E-state index contributed by atoms with van der Waals surface area (Å²) in [6.07, 6.45) is 1.56. The number of aliphatic imine (C=N–C) groups is 1. The summed E-state index contributed by atoms with van der Waals surface area (Å²) in [5.74, 6) is -0.644. The Kier molecular flexibility index (Phi) is 4.44. The van der Waals surface area contributed by atoms with Gasteiger partial charge in [0.2, 0.25) is 0 Å². The Morgan fingerprint density at radius 2 is 1.96 bits per heavy atom. The Labute approximate surface area is 151 Å². The fourth-order valence-electron chi connectivity index (χ4n) is 2.57. The molecule has 0 aliphatic carbocycles. The lowest BCUT2D eigenvalue weighted by Gasteiger charge is -2.19. The van der Waals surface area contributed by atoms with Crippen LogP contribution in [0, 0.1) is 11.6 Å². The van der Waals surface area contributed by atoms with Crippen LogP contribution in [0.4, 0.5) is 14.5 Å². The van der Waals surface area contributed by atoms with Gasteiger partial charge in [-0.15, -0.1) is 0 Å². The molecule has 4 rings (SSSR count). The minimum absolute atomic E-state index is 0.0748. The fraction of sp³-hybridized carbons (Fsp3) is 0.111. The molecule has 2 heterocycles. The average Bonchev–Trinajstić information content (AvgIpc) is 2.96. The molecule has 1 N–H and O–H groups in total. The van der Waals surface area contributed by atoms with E-state index in [-0.39, 0.29) is 25.1 Å². The minimum atomic E-state index is -0.437. The van der Waals surface area contributed by atoms with Crippen LogP contribution in [0.25, 0.3) is 6.08 Å². The number of rotatable bonds is 2. The van der Waals surface area contributed by atoms with Gasteiger partial charge in [-0.05, 0) is 54.2 Å². The number of nitrogens with one attached hydrogen (secondary N) is 1. The van der Waals surface area contributed by atoms with Crippen molar-refractivity contribution in [2.24, 2.45) is 4.99 Å². The molecule has 0 atom stereocenters. The summed E-state index contributed by atoms with van der Waals surface area (Å²) in [5.41, 5.74) is 1.56. The van der Waals surface area contributed by atoms with E-state index >= 15 is 0 Å². The summed E-state index contributed by atoms with van der Waals surface area (Å²) in [6.45, 7) is 0.325. The van der Waals surface area contributed by atoms with Crippen molar-refractivity contribution in [3.8, 4) is 5.75 Å². The van der Waals surface area contributed by atoms with Crippen molar-refractivity contribution < 1.29 is 23.0 Å². The second kappa shape index (κ2) is 6.89. The molecule has 1 amide bonds. The first-order chi connectivity index (χ1) is 12.6. The number of nitrogens with zero attached hydrogens (tertiary/aromatic N) is 1. The number of halogens is 2. The Morgan fingerprint density at radius 1 is 1.15 bits per heavy atom. The summed E-state index contributed by atoms with van der Waals surface area (Å²) >= 11 is 1.12. The molecule has 1 fully saturated rings. The van der Waals surface area contributed by atoms with Crippen molar-refractivity contribution in [2.45, 2.75) is 6.61 Å². The van der Waals surface area contributed by atoms with E-state index in [2.05, 4.69) is 10.3 Å². The molecule has 8 heteroatoms. The summed E-state index contributed by atoms with van der Waals surface area (Å²) in [5, 5.41) is 3.00. The molecule has 1 saturated heterocycles. The first kappa shape index (κ1) is 16.7. The maximum Gasteiger partial charge on any atom is 0.264 e. The van der Waals surface area contributed by atoms with Crippen molar-refractivity contribution in [1.82, 2.24) is 5.32 Å². The van der Waals surface area contributed by atoms with Crippen LogP contribution < -0.4 is 10.1 Å². The van der Waals surface area contributed by atoms with Gasteiger partial charge in [-0.3, -0.25) is 4.79 Å². The number of ether oxygens (including phenoxy) is 2. The van der Waals surface area contributed by atoms with E-state index in [1.54, 1.807) is 6.08 Å². The zero-order valence-corrected chi connectivity index (χ0v) is 14.1. The number of benzene rings is 2. The number of carbonyl (C=O) groups is 1. The lowest BCUT2D eigenvalue weighted by molar-refractivity contribution is -0.115. The van der Waals surface area contributed by atoms with Crippen molar-refractivity contribution in [3.05, 3.63) is 64.1 Å². The van der Waals surface area contributed by atoms with E-state index in [1.807, 2.05) is 0 Å². The van der Waals surface area contributed by atoms with Crippen LogP contribution in [-0.4, -0.2) is 17.9 Å². The molecular formula is C18H12F2N2O3S. The lowest BCUT2D eigenvalue weighted by atomic mass is 10.1. The summed E-state index contributed by atoms with van der Waals surface area (Å²) in [7, 11) is 0. The minimum Gasteiger partial charge on any atom is -0.467 e. The predicted molar refractivity (Wildman–Crippen MR) is 93.9 cm³/mol. The molecule has 0 bridgehead atoms. The van der Waals surface area contributed by atoms with Crippen LogP contribution in [0.2, 0.25) is 0 Å². The smallest absolute Gasteiger partial charge is 0.264 e. The highest BCUT2D eigenvalue weighted by Crippen LogP contribution is 2.34. The van der Waals surface area contributed by atoms with E-state index in [0.717, 1.165) is 11.8 Å². The van der Waals surface area contributed by atoms with Gasteiger partial charge >= 0.3 is 0 Å². The monoisotopic (exact) mass is 374 g/mol. The number of hydrogen-bond donors (Lipinski definition) is 1. The number of thioether (sulfide) groups is 1. The number of hydrogen-bond acceptors (Lipinski definition) is 5. The van der Waals surface area contributed by atoms with Crippen molar-refractivity contribution in [1.29, 1.82) is 0 Å². The van der Waals surface area contributed by atoms with Crippen LogP contribution in [-0.2, 0) is 16.1 Å². The van der Waals surface area contributed by atoms with Crippen LogP contribution in [0.15, 0.2) is 46.3 Å². The zero-order chi connectivity index (χ0) is 18.1. The van der Waals surface area contributed by atoms with Crippen LogP contribution in [0.3, 0.4) is 0 Å². The molecule has 0 saturated carbocycles. The highest BCUT2D eigenvalue weighted by atomic mass is 32.2. The van der Waals surface area contributed by atoms with E-state index in [0.29, 0.717) is 32.6 Å². The molecule has 5 nitrogen and oxygen atoms in total. The van der Waals surface area contributed by atoms with Crippen LogP contribution in [0.5, 0.6) is 5.75 Å². The Bertz CT molecular complexity index is 942. The first-order valence-electron chi connectivity index (χ1n) is 7.66. The van der Waals surface area contributed by atoms with Gasteiger partial charge in [-0.1, -0.05) is 0 Å². The predicted octanol–water partition coefficient (Wildman–Crippen LogP) is 3.72. The molecule has 2 aliphatic heterocycles. The van der Waals surface area contributed by atoms with Gasteiger partial charge in [0.1, 0.15) is 17.4 Å². The van der Waals surface area contributed by atoms with Gasteiger partial charge in [0.15, 0.2) is 12.0 Å². The average molecular weight is 374 g/mol. The third-order valence-corrected chi connectivity index (χ3v) is 4.61. The molecule has 0 spiro atoms. The third kappa shape index (κ3) is 3.47. The molecule has 2 aromatic carbocycles. The number of fused-ring (bicyclic) bond motifs is 1. The third-order valence-electron chi connectivity index (χ3n) is 3.70. The number of amides is 1. The molecule has 2 aliphatic rings. The highest BCUT2D eigenvalue weighted by molar-refractivity contribution is 8.18. The van der Waals surface area contributed by atoms with E-state index in [9.17, 15) is 13.6 Å². The normalized spacial score (nSPS) is 19.4. The lowest BCUT2D eigenvalue weighted by Crippen LogP contribution is -2.19. The van der Waals surface area contributed by atoms with Crippen molar-refractivity contribution in [2.75, 3.05) is 6.79 Å². The van der Waals surface area contributed by atoms with Gasteiger partial charge in [-0.2, -0.15) is 0 Å². The number of amidine groups is 1. The SMILES string of the molecule is O=C1NC(=Nc2ccc(F)cc2)S/C1=C\c1cc(F)cc2c1OCOC2. The molecule has 0 unspecified atom stereocenters. The summed E-state index contributed by atoms with van der Waals surface area (Å²) < 4.78 is 37.4. The molecule has 132 valence electrons. The zero-order valence-electron chi connectivity index (χ0n) is 13.3. The van der Waals surface area contributed by atoms with E-state index < -0.39 is 5.82 Å². The first-order valence-corrected chi connectivity index (χ1v) is 8.48. The van der Waals surface area contributed by atoms with Crippen molar-refractivity contribution in [3.63, 3.8) is 0 Å². The van der Waals surface area contributed by atoms with E-state index in [1.165, 1.54) is 36.4 Å². The van der Waals surface area contributed by atoms with Crippen LogP contribution in [0.1, 0.15) is 11.1 Å². The largest absolute Gasteiger partial charge is 0.467 e. The molecule has 0 aromatic heterocycles. The number of carbonyl (C=O) groups excluding carboxylic acids is 1. The Morgan fingerprint density at radius 3 is 2.77 bits per heavy atom. The molecular weight excluding hydrogens is 362 g/mol. The van der Waals surface area contributed by atoms with Gasteiger partial charge in [0.25, 0.3) is 5.91 Å². The Hall–Kier alpha value is -2.71. The van der Waals surface area contributed by atoms with Gasteiger partial charge in [-0.25, -0.2) is 13.8 Å². The summed E-state index contributed by atoms with van der Waals surface area (Å²) in [4.78, 5) is 16.8. The molecule has 0 radical (unpaired) electrons. The second-order valence-corrected chi connectivity index (χ2v) is 6.58.